The Morgan fingerprint density at radius 3 is 1.25 bits per heavy atom. The fourth-order valence-corrected chi connectivity index (χ4v) is 0. The minimum Gasteiger partial charge on any atom is -0.577 e. The molecular formula is FeNNaO-. The summed E-state index contributed by atoms with van der Waals surface area (Å²) in [4.78, 5) is 7.25. The summed E-state index contributed by atoms with van der Waals surface area (Å²) in [5, 5.41) is 0. The van der Waals surface area contributed by atoms with Gasteiger partial charge >= 0.3 is 0 Å². The molecule has 0 aliphatic carbocycles. The van der Waals surface area contributed by atoms with E-state index in [-0.39, 0.29) is 46.6 Å². The van der Waals surface area contributed by atoms with Crippen molar-refractivity contribution in [2.45, 2.75) is 0 Å². The number of hydrogen-bond donors (Lipinski definition) is 0. The zero-order chi connectivity index (χ0) is 2.00. The fraction of sp³-hybridized carbons (Fsp3) is 0. The summed E-state index contributed by atoms with van der Waals surface area (Å²) < 4.78 is 0. The van der Waals surface area contributed by atoms with Crippen molar-refractivity contribution < 1.29 is 17.1 Å². The molecule has 21 valence electrons. The molecule has 0 heterocycles. The fourth-order valence-electron chi connectivity index (χ4n) is 0. The zero-order valence-electron chi connectivity index (χ0n) is 2.21. The van der Waals surface area contributed by atoms with E-state index in [4.69, 9.17) is 10.5 Å². The van der Waals surface area contributed by atoms with Gasteiger partial charge in [0, 0.05) is 46.6 Å². The van der Waals surface area contributed by atoms with Crippen LogP contribution in [0.4, 0.5) is 0 Å². The Balaban J connectivity index is -0.00000000500. The van der Waals surface area contributed by atoms with Crippen molar-refractivity contribution in [2.75, 3.05) is 0 Å². The van der Waals surface area contributed by atoms with Crippen molar-refractivity contribution in [3.8, 4) is 0 Å². The molecule has 0 spiro atoms. The summed E-state index contributed by atoms with van der Waals surface area (Å²) in [5.74, 6) is 0. The number of hydrogen-bond acceptors (Lipinski definition) is 1. The quantitative estimate of drug-likeness (QED) is 0.401. The zero-order valence-corrected chi connectivity index (χ0v) is 5.31. The summed E-state index contributed by atoms with van der Waals surface area (Å²) >= 11 is 0. The maximum Gasteiger partial charge on any atom is 0 e. The Kier molecular flexibility index (Phi) is 155. The Morgan fingerprint density at radius 1 is 1.25 bits per heavy atom. The number of rotatable bonds is 0. The van der Waals surface area contributed by atoms with Gasteiger partial charge in [-0.1, -0.05) is 0 Å². The largest absolute Gasteiger partial charge is 0.577 e. The van der Waals surface area contributed by atoms with Crippen molar-refractivity contribution in [3.63, 3.8) is 0 Å². The Morgan fingerprint density at radius 2 is 1.25 bits per heavy atom. The molecule has 0 aromatic carbocycles. The van der Waals surface area contributed by atoms with Gasteiger partial charge in [0.25, 0.3) is 0 Å². The molecule has 0 amide bonds. The molecule has 2 nitrogen and oxygen atoms in total. The average molecular weight is 109 g/mol. The van der Waals surface area contributed by atoms with Gasteiger partial charge in [0.1, 0.15) is 0 Å². The average Bonchev–Trinajstić information content (AvgIpc) is 1.00. The summed E-state index contributed by atoms with van der Waals surface area (Å²) in [5.41, 5.74) is 5.75. The Labute approximate surface area is 56.9 Å². The van der Waals surface area contributed by atoms with E-state index in [1.54, 1.807) is 0 Å². The molecule has 0 aliphatic heterocycles. The van der Waals surface area contributed by atoms with Crippen LogP contribution in [-0.4, -0.2) is 29.6 Å². The van der Waals surface area contributed by atoms with E-state index >= 15 is 0 Å². The molecule has 0 aromatic heterocycles. The van der Waals surface area contributed by atoms with E-state index in [1.165, 1.54) is 0 Å². The maximum atomic E-state index is 7.25. The van der Waals surface area contributed by atoms with Gasteiger partial charge in [-0.25, -0.2) is 0 Å². The van der Waals surface area contributed by atoms with E-state index in [2.05, 4.69) is 0 Å². The van der Waals surface area contributed by atoms with Gasteiger partial charge in [-0.05, 0) is 0 Å². The molecular weight excluding hydrogens is 109 g/mol. The van der Waals surface area contributed by atoms with Crippen LogP contribution in [0.25, 0.3) is 5.59 Å². The molecule has 1 radical (unpaired) electrons. The van der Waals surface area contributed by atoms with Gasteiger partial charge in [0.2, 0.25) is 0 Å². The molecule has 0 N–H and O–H groups in total. The second-order valence-electron chi connectivity index (χ2n) is 0. The third kappa shape index (κ3) is 11.2. The SMILES string of the molecule is [Fe].[N-]=O.[Na]. The molecule has 4 heteroatoms. The minimum absolute atomic E-state index is 0. The first kappa shape index (κ1) is 19.3. The topological polar surface area (TPSA) is 39.4 Å². The van der Waals surface area contributed by atoms with Crippen LogP contribution in [0.1, 0.15) is 0 Å². The van der Waals surface area contributed by atoms with Crippen molar-refractivity contribution >= 4 is 29.6 Å². The molecule has 0 bridgehead atoms. The predicted molar refractivity (Wildman–Crippen MR) is 12.5 cm³/mol. The summed E-state index contributed by atoms with van der Waals surface area (Å²) in [6.07, 6.45) is 0. The van der Waals surface area contributed by atoms with Gasteiger partial charge in [-0.15, -0.1) is 0 Å². The monoisotopic (exact) mass is 109 g/mol. The molecule has 0 rings (SSSR count). The first-order chi connectivity index (χ1) is 1.00. The van der Waals surface area contributed by atoms with E-state index in [0.29, 0.717) is 0 Å². The molecule has 0 saturated heterocycles. The normalized spacial score (nSPS) is 1.00. The summed E-state index contributed by atoms with van der Waals surface area (Å²) in [6.45, 7) is 0. The van der Waals surface area contributed by atoms with E-state index in [0.717, 1.165) is 0 Å². The third-order valence-electron chi connectivity index (χ3n) is 0. The smallest absolute Gasteiger partial charge is 0 e. The van der Waals surface area contributed by atoms with Gasteiger partial charge in [-0.3, -0.25) is 0 Å². The summed E-state index contributed by atoms with van der Waals surface area (Å²) in [7, 11) is 0. The standard InChI is InChI=1S/Fe.NO.Na/c;1-2;/q;-1;. The first-order valence-electron chi connectivity index (χ1n) is 0.183. The molecule has 0 aromatic rings. The van der Waals surface area contributed by atoms with Crippen LogP contribution in [0.3, 0.4) is 0 Å². The van der Waals surface area contributed by atoms with Gasteiger partial charge in [0.15, 0.2) is 0 Å². The second kappa shape index (κ2) is 32.0. The van der Waals surface area contributed by atoms with Crippen LogP contribution in [0.15, 0.2) is 0 Å². The summed E-state index contributed by atoms with van der Waals surface area (Å²) in [6, 6.07) is 0. The van der Waals surface area contributed by atoms with Crippen molar-refractivity contribution in [1.82, 2.24) is 0 Å². The minimum atomic E-state index is 0. The molecule has 0 saturated carbocycles. The maximum absolute atomic E-state index is 7.25. The first-order valence-corrected chi connectivity index (χ1v) is 0.183. The number of nitroso groups, excluding NO2 is 1. The molecule has 0 aliphatic rings. The van der Waals surface area contributed by atoms with Gasteiger partial charge in [0.05, 0.1) is 0 Å². The number of nitrogens with zero attached hydrogens (tertiary/aromatic N) is 1. The Bertz CT molecular complexity index is 8.00. The molecule has 0 unspecified atom stereocenters. The predicted octanol–water partition coefficient (Wildman–Crippen LogP) is -0.0611. The van der Waals surface area contributed by atoms with Crippen molar-refractivity contribution in [1.29, 1.82) is 0 Å². The van der Waals surface area contributed by atoms with Gasteiger partial charge in [-0.2, -0.15) is 0 Å². The van der Waals surface area contributed by atoms with E-state index < -0.39 is 0 Å². The van der Waals surface area contributed by atoms with Crippen molar-refractivity contribution in [3.05, 3.63) is 10.5 Å². The van der Waals surface area contributed by atoms with Gasteiger partial charge < -0.3 is 10.5 Å². The van der Waals surface area contributed by atoms with Crippen molar-refractivity contribution in [2.24, 2.45) is 0 Å². The van der Waals surface area contributed by atoms with E-state index in [9.17, 15) is 0 Å². The van der Waals surface area contributed by atoms with E-state index in [1.807, 2.05) is 0 Å². The van der Waals surface area contributed by atoms with Crippen LogP contribution >= 0.6 is 0 Å². The van der Waals surface area contributed by atoms with Crippen LogP contribution in [0, 0.1) is 4.91 Å². The van der Waals surface area contributed by atoms with Crippen LogP contribution in [-0.2, 0) is 17.1 Å². The van der Waals surface area contributed by atoms with Crippen LogP contribution in [0.5, 0.6) is 0 Å². The van der Waals surface area contributed by atoms with Crippen LogP contribution < -0.4 is 0 Å². The third-order valence-corrected chi connectivity index (χ3v) is 0. The second-order valence-corrected chi connectivity index (χ2v) is 0. The molecule has 0 fully saturated rings. The van der Waals surface area contributed by atoms with Crippen LogP contribution in [0.2, 0.25) is 0 Å². The molecule has 4 heavy (non-hydrogen) atoms. The Hall–Kier alpha value is 1.12. The molecule has 0 atom stereocenters.